The fraction of sp³-hybridized carbons (Fsp3) is 0.0476. The average Bonchev–Trinajstić information content (AvgIpc) is 2.71. The highest BCUT2D eigenvalue weighted by atomic mass is 79.9. The van der Waals surface area contributed by atoms with Gasteiger partial charge >= 0.3 is 0 Å². The first-order valence-corrected chi connectivity index (χ1v) is 11.8. The number of carbonyl (C=O) groups excluding carboxylic acids is 1. The van der Waals surface area contributed by atoms with Crippen LogP contribution in [0.3, 0.4) is 0 Å². The van der Waals surface area contributed by atoms with Crippen molar-refractivity contribution >= 4 is 59.6 Å². The van der Waals surface area contributed by atoms with Crippen molar-refractivity contribution in [3.05, 3.63) is 93.1 Å². The Morgan fingerprint density at radius 3 is 2.23 bits per heavy atom. The van der Waals surface area contributed by atoms with Crippen molar-refractivity contribution in [2.45, 2.75) is 11.4 Å². The number of hydrogen-bond donors (Lipinski definition) is 2. The molecule has 0 atom stereocenters. The summed E-state index contributed by atoms with van der Waals surface area (Å²) in [6.07, 6.45) is 6.35. The van der Waals surface area contributed by atoms with E-state index in [1.54, 1.807) is 42.7 Å². The predicted molar refractivity (Wildman–Crippen MR) is 124 cm³/mol. The minimum atomic E-state index is -3.69. The lowest BCUT2D eigenvalue weighted by Gasteiger charge is -2.09. The Morgan fingerprint density at radius 1 is 0.967 bits per heavy atom. The van der Waals surface area contributed by atoms with Crippen LogP contribution in [-0.4, -0.2) is 19.3 Å². The standard InChI is InChI=1S/C21H17Br2N3O3S/c22-17-11-16(12-18(23)13-17)14-25-30(28,29)20-4-2-19(3-5-20)26-21(27)6-1-15-7-9-24-10-8-15/h1-13,25H,14H2,(H,26,27)/b6-1+. The maximum Gasteiger partial charge on any atom is 0.248 e. The molecule has 30 heavy (non-hydrogen) atoms. The van der Waals surface area contributed by atoms with Gasteiger partial charge in [0.15, 0.2) is 0 Å². The van der Waals surface area contributed by atoms with E-state index in [9.17, 15) is 13.2 Å². The number of halogens is 2. The van der Waals surface area contributed by atoms with Crippen LogP contribution in [0.5, 0.6) is 0 Å². The van der Waals surface area contributed by atoms with Gasteiger partial charge in [0.25, 0.3) is 0 Å². The lowest BCUT2D eigenvalue weighted by atomic mass is 10.2. The van der Waals surface area contributed by atoms with Crippen molar-refractivity contribution < 1.29 is 13.2 Å². The Bertz CT molecular complexity index is 1150. The molecule has 0 aliphatic carbocycles. The van der Waals surface area contributed by atoms with Crippen LogP contribution in [0.2, 0.25) is 0 Å². The molecule has 154 valence electrons. The van der Waals surface area contributed by atoms with Gasteiger partial charge in [0.2, 0.25) is 15.9 Å². The molecule has 0 saturated carbocycles. The molecule has 3 rings (SSSR count). The van der Waals surface area contributed by atoms with Crippen LogP contribution in [0.25, 0.3) is 6.08 Å². The highest BCUT2D eigenvalue weighted by Gasteiger charge is 2.14. The molecule has 0 radical (unpaired) electrons. The number of sulfonamides is 1. The molecule has 1 heterocycles. The van der Waals surface area contributed by atoms with Crippen LogP contribution in [0.4, 0.5) is 5.69 Å². The van der Waals surface area contributed by atoms with Gasteiger partial charge in [-0.2, -0.15) is 0 Å². The molecular weight excluding hydrogens is 534 g/mol. The van der Waals surface area contributed by atoms with Crippen LogP contribution in [-0.2, 0) is 21.4 Å². The van der Waals surface area contributed by atoms with E-state index < -0.39 is 10.0 Å². The zero-order valence-corrected chi connectivity index (χ0v) is 19.5. The quantitative estimate of drug-likeness (QED) is 0.416. The van der Waals surface area contributed by atoms with Crippen molar-refractivity contribution in [1.29, 1.82) is 0 Å². The Balaban J connectivity index is 1.61. The van der Waals surface area contributed by atoms with E-state index in [0.717, 1.165) is 20.1 Å². The maximum absolute atomic E-state index is 12.5. The normalized spacial score (nSPS) is 11.5. The van der Waals surface area contributed by atoms with E-state index in [0.29, 0.717) is 5.69 Å². The zero-order valence-electron chi connectivity index (χ0n) is 15.5. The topological polar surface area (TPSA) is 88.2 Å². The number of aromatic nitrogens is 1. The van der Waals surface area contributed by atoms with Gasteiger partial charge in [0.05, 0.1) is 4.90 Å². The van der Waals surface area contributed by atoms with Crippen molar-refractivity contribution in [2.24, 2.45) is 0 Å². The summed E-state index contributed by atoms with van der Waals surface area (Å²) in [6.45, 7) is 0.151. The molecule has 0 fully saturated rings. The number of nitrogens with zero attached hydrogens (tertiary/aromatic N) is 1. The molecule has 0 saturated heterocycles. The third kappa shape index (κ3) is 6.60. The smallest absolute Gasteiger partial charge is 0.248 e. The molecule has 3 aromatic rings. The van der Waals surface area contributed by atoms with Gasteiger partial charge in [-0.05, 0) is 71.8 Å². The molecule has 0 bridgehead atoms. The summed E-state index contributed by atoms with van der Waals surface area (Å²) in [6, 6.07) is 15.1. The molecule has 0 unspecified atom stereocenters. The third-order valence-corrected chi connectivity index (χ3v) is 6.29. The van der Waals surface area contributed by atoms with Gasteiger partial charge in [0.1, 0.15) is 0 Å². The summed E-state index contributed by atoms with van der Waals surface area (Å²) < 4.78 is 29.3. The molecule has 2 aromatic carbocycles. The minimum Gasteiger partial charge on any atom is -0.323 e. The highest BCUT2D eigenvalue weighted by Crippen LogP contribution is 2.21. The van der Waals surface area contributed by atoms with E-state index in [-0.39, 0.29) is 17.3 Å². The second kappa shape index (κ2) is 10.1. The first-order valence-electron chi connectivity index (χ1n) is 8.76. The van der Waals surface area contributed by atoms with Crippen LogP contribution in [0.1, 0.15) is 11.1 Å². The number of amides is 1. The van der Waals surface area contributed by atoms with Gasteiger partial charge < -0.3 is 5.32 Å². The molecular formula is C21H17Br2N3O3S. The summed E-state index contributed by atoms with van der Waals surface area (Å²) in [7, 11) is -3.69. The Morgan fingerprint density at radius 2 is 1.60 bits per heavy atom. The maximum atomic E-state index is 12.5. The summed E-state index contributed by atoms with van der Waals surface area (Å²) >= 11 is 6.76. The predicted octanol–water partition coefficient (Wildman–Crippen LogP) is 4.74. The SMILES string of the molecule is O=C(/C=C/c1ccncc1)Nc1ccc(S(=O)(=O)NCc2cc(Br)cc(Br)c2)cc1. The number of pyridine rings is 1. The zero-order chi connectivity index (χ0) is 21.6. The Labute approximate surface area is 191 Å². The minimum absolute atomic E-state index is 0.113. The molecule has 0 spiro atoms. The highest BCUT2D eigenvalue weighted by molar-refractivity contribution is 9.11. The van der Waals surface area contributed by atoms with E-state index in [2.05, 4.69) is 46.9 Å². The Hall–Kier alpha value is -2.33. The average molecular weight is 551 g/mol. The molecule has 1 amide bonds. The van der Waals surface area contributed by atoms with Crippen molar-refractivity contribution in [2.75, 3.05) is 5.32 Å². The molecule has 0 aliphatic heterocycles. The second-order valence-electron chi connectivity index (χ2n) is 6.23. The lowest BCUT2D eigenvalue weighted by Crippen LogP contribution is -2.23. The lowest BCUT2D eigenvalue weighted by molar-refractivity contribution is -0.111. The van der Waals surface area contributed by atoms with Gasteiger partial charge in [-0.15, -0.1) is 0 Å². The van der Waals surface area contributed by atoms with Crippen molar-refractivity contribution in [3.8, 4) is 0 Å². The second-order valence-corrected chi connectivity index (χ2v) is 9.83. The summed E-state index contributed by atoms with van der Waals surface area (Å²) in [5.41, 5.74) is 2.16. The largest absolute Gasteiger partial charge is 0.323 e. The van der Waals surface area contributed by atoms with Crippen molar-refractivity contribution in [3.63, 3.8) is 0 Å². The third-order valence-electron chi connectivity index (χ3n) is 3.95. The van der Waals surface area contributed by atoms with E-state index >= 15 is 0 Å². The number of hydrogen-bond acceptors (Lipinski definition) is 4. The van der Waals surface area contributed by atoms with Crippen LogP contribution >= 0.6 is 31.9 Å². The molecule has 6 nitrogen and oxygen atoms in total. The van der Waals surface area contributed by atoms with Gasteiger partial charge in [-0.3, -0.25) is 9.78 Å². The first-order chi connectivity index (χ1) is 14.3. The number of carbonyl (C=O) groups is 1. The summed E-state index contributed by atoms with van der Waals surface area (Å²) in [5, 5.41) is 2.69. The van der Waals surface area contributed by atoms with Gasteiger partial charge in [-0.25, -0.2) is 13.1 Å². The first kappa shape index (κ1) is 22.4. The Kier molecular flexibility index (Phi) is 7.54. The van der Waals surface area contributed by atoms with Gasteiger partial charge in [-0.1, -0.05) is 31.9 Å². The van der Waals surface area contributed by atoms with E-state index in [4.69, 9.17) is 0 Å². The van der Waals surface area contributed by atoms with Crippen molar-refractivity contribution in [1.82, 2.24) is 9.71 Å². The van der Waals surface area contributed by atoms with E-state index in [1.807, 2.05) is 18.2 Å². The number of nitrogens with one attached hydrogen (secondary N) is 2. The number of rotatable bonds is 7. The molecule has 9 heteroatoms. The monoisotopic (exact) mass is 549 g/mol. The molecule has 0 aliphatic rings. The fourth-order valence-corrected chi connectivity index (χ4v) is 4.93. The van der Waals surface area contributed by atoms with E-state index in [1.165, 1.54) is 18.2 Å². The van der Waals surface area contributed by atoms with Crippen LogP contribution < -0.4 is 10.0 Å². The van der Waals surface area contributed by atoms with Crippen LogP contribution in [0, 0.1) is 0 Å². The van der Waals surface area contributed by atoms with Gasteiger partial charge in [0, 0.05) is 39.6 Å². The number of benzene rings is 2. The van der Waals surface area contributed by atoms with Crippen LogP contribution in [0.15, 0.2) is 86.9 Å². The molecule has 1 aromatic heterocycles. The summed E-state index contributed by atoms with van der Waals surface area (Å²) in [4.78, 5) is 16.1. The summed E-state index contributed by atoms with van der Waals surface area (Å²) in [5.74, 6) is -0.319. The molecule has 2 N–H and O–H groups in total. The fourth-order valence-electron chi connectivity index (χ4n) is 2.52. The number of anilines is 1.